The Labute approximate surface area is 105 Å². The molecule has 17 heavy (non-hydrogen) atoms. The molecule has 1 atom stereocenters. The van der Waals surface area contributed by atoms with Gasteiger partial charge >= 0.3 is 0 Å². The second-order valence-electron chi connectivity index (χ2n) is 5.20. The molecule has 1 unspecified atom stereocenters. The fourth-order valence-electron chi connectivity index (χ4n) is 2.34. The average Bonchev–Trinajstić information content (AvgIpc) is 2.35. The highest BCUT2D eigenvalue weighted by Gasteiger charge is 2.29. The molecule has 0 radical (unpaired) electrons. The third-order valence-corrected chi connectivity index (χ3v) is 3.63. The van der Waals surface area contributed by atoms with Crippen LogP contribution in [0.4, 0.5) is 0 Å². The first-order valence-corrected chi connectivity index (χ1v) is 6.57. The van der Waals surface area contributed by atoms with Crippen molar-refractivity contribution >= 4 is 5.91 Å². The molecule has 1 amide bonds. The van der Waals surface area contributed by atoms with Gasteiger partial charge in [0.05, 0.1) is 5.92 Å². The monoisotopic (exact) mass is 242 g/mol. The van der Waals surface area contributed by atoms with Crippen LogP contribution in [0, 0.1) is 11.8 Å². The van der Waals surface area contributed by atoms with Crippen LogP contribution in [0.1, 0.15) is 26.7 Å². The van der Waals surface area contributed by atoms with Crippen molar-refractivity contribution in [3.8, 4) is 0 Å². The van der Waals surface area contributed by atoms with Crippen molar-refractivity contribution < 1.29 is 9.53 Å². The molecule has 100 valence electrons. The average molecular weight is 242 g/mol. The summed E-state index contributed by atoms with van der Waals surface area (Å²) in [6.07, 6.45) is 1.93. The molecule has 0 spiro atoms. The smallest absolute Gasteiger partial charge is 0.227 e. The summed E-state index contributed by atoms with van der Waals surface area (Å²) in [4.78, 5) is 14.4. The molecule has 1 rings (SSSR count). The van der Waals surface area contributed by atoms with Gasteiger partial charge in [-0.25, -0.2) is 0 Å². The lowest BCUT2D eigenvalue weighted by atomic mass is 9.93. The van der Waals surface area contributed by atoms with Crippen LogP contribution in [0.15, 0.2) is 0 Å². The Balaban J connectivity index is 2.58. The van der Waals surface area contributed by atoms with Crippen LogP contribution in [0.5, 0.6) is 0 Å². The Morgan fingerprint density at radius 2 is 2.00 bits per heavy atom. The van der Waals surface area contributed by atoms with Crippen LogP contribution in [0.25, 0.3) is 0 Å². The molecule has 0 aliphatic carbocycles. The molecule has 1 fully saturated rings. The minimum absolute atomic E-state index is 0.0767. The minimum Gasteiger partial charge on any atom is -0.381 e. The number of ether oxygens (including phenoxy) is 1. The van der Waals surface area contributed by atoms with E-state index in [1.165, 1.54) is 0 Å². The molecule has 4 nitrogen and oxygen atoms in total. The summed E-state index contributed by atoms with van der Waals surface area (Å²) in [5.74, 6) is 0.714. The summed E-state index contributed by atoms with van der Waals surface area (Å²) in [7, 11) is 3.83. The van der Waals surface area contributed by atoms with E-state index < -0.39 is 0 Å². The third-order valence-electron chi connectivity index (χ3n) is 3.63. The van der Waals surface area contributed by atoms with E-state index in [0.717, 1.165) is 32.6 Å². The van der Waals surface area contributed by atoms with E-state index in [9.17, 15) is 4.79 Å². The van der Waals surface area contributed by atoms with E-state index in [1.807, 2.05) is 19.0 Å². The number of hydrogen-bond acceptors (Lipinski definition) is 3. The molecule has 1 N–H and O–H groups in total. The van der Waals surface area contributed by atoms with E-state index >= 15 is 0 Å². The summed E-state index contributed by atoms with van der Waals surface area (Å²) in [5.41, 5.74) is 0. The van der Waals surface area contributed by atoms with Crippen molar-refractivity contribution in [2.24, 2.45) is 11.8 Å². The predicted octanol–water partition coefficient (Wildman–Crippen LogP) is 1.12. The summed E-state index contributed by atoms with van der Waals surface area (Å²) >= 11 is 0. The number of hydrogen-bond donors (Lipinski definition) is 1. The van der Waals surface area contributed by atoms with Crippen molar-refractivity contribution in [2.45, 2.75) is 32.7 Å². The van der Waals surface area contributed by atoms with Crippen molar-refractivity contribution in [1.29, 1.82) is 0 Å². The highest BCUT2D eigenvalue weighted by Crippen LogP contribution is 2.19. The third kappa shape index (κ3) is 3.96. The zero-order chi connectivity index (χ0) is 12.8. The Kier molecular flexibility index (Phi) is 5.92. The lowest BCUT2D eigenvalue weighted by Gasteiger charge is -2.34. The number of rotatable bonds is 5. The van der Waals surface area contributed by atoms with Crippen LogP contribution in [0.3, 0.4) is 0 Å². The van der Waals surface area contributed by atoms with Gasteiger partial charge < -0.3 is 15.0 Å². The van der Waals surface area contributed by atoms with Gasteiger partial charge in [0, 0.05) is 32.8 Å². The van der Waals surface area contributed by atoms with Gasteiger partial charge in [0.15, 0.2) is 0 Å². The SMILES string of the molecule is CNCC(C(=O)N(C)C1CCOCC1)C(C)C. The maximum atomic E-state index is 12.4. The fraction of sp³-hybridized carbons (Fsp3) is 0.923. The standard InChI is InChI=1S/C13H26N2O2/c1-10(2)12(9-14-3)13(16)15(4)11-5-7-17-8-6-11/h10-12,14H,5-9H2,1-4H3. The molecule has 1 saturated heterocycles. The molecule has 0 bridgehead atoms. The molecule has 0 saturated carbocycles. The molecule has 1 aliphatic heterocycles. The van der Waals surface area contributed by atoms with Gasteiger partial charge in [-0.15, -0.1) is 0 Å². The Bertz CT molecular complexity index is 238. The number of nitrogens with zero attached hydrogens (tertiary/aromatic N) is 1. The number of carbonyl (C=O) groups is 1. The molecule has 4 heteroatoms. The molecular weight excluding hydrogens is 216 g/mol. The van der Waals surface area contributed by atoms with Crippen LogP contribution < -0.4 is 5.32 Å². The lowest BCUT2D eigenvalue weighted by molar-refractivity contribution is -0.139. The zero-order valence-corrected chi connectivity index (χ0v) is 11.5. The topological polar surface area (TPSA) is 41.6 Å². The van der Waals surface area contributed by atoms with E-state index in [0.29, 0.717) is 12.0 Å². The summed E-state index contributed by atoms with van der Waals surface area (Å²) in [6.45, 7) is 6.53. The van der Waals surface area contributed by atoms with E-state index in [2.05, 4.69) is 19.2 Å². The van der Waals surface area contributed by atoms with Crippen LogP contribution >= 0.6 is 0 Å². The molecule has 0 aromatic heterocycles. The van der Waals surface area contributed by atoms with Crippen molar-refractivity contribution in [3.63, 3.8) is 0 Å². The molecule has 0 aromatic rings. The van der Waals surface area contributed by atoms with Crippen LogP contribution in [-0.2, 0) is 9.53 Å². The summed E-state index contributed by atoms with van der Waals surface area (Å²) in [6, 6.07) is 0.356. The van der Waals surface area contributed by atoms with E-state index in [4.69, 9.17) is 4.74 Å². The number of amides is 1. The van der Waals surface area contributed by atoms with Crippen molar-refractivity contribution in [1.82, 2.24) is 10.2 Å². The van der Waals surface area contributed by atoms with Crippen LogP contribution in [-0.4, -0.2) is 50.7 Å². The lowest BCUT2D eigenvalue weighted by Crippen LogP contribution is -2.46. The van der Waals surface area contributed by atoms with Gasteiger partial charge in [0.25, 0.3) is 0 Å². The molecule has 0 aromatic carbocycles. The summed E-state index contributed by atoms with van der Waals surface area (Å²) in [5, 5.41) is 3.12. The maximum Gasteiger partial charge on any atom is 0.227 e. The first-order chi connectivity index (χ1) is 8.07. The fourth-order valence-corrected chi connectivity index (χ4v) is 2.34. The second-order valence-corrected chi connectivity index (χ2v) is 5.20. The Morgan fingerprint density at radius 3 is 2.47 bits per heavy atom. The molecule has 1 aliphatic rings. The van der Waals surface area contributed by atoms with Gasteiger partial charge in [-0.1, -0.05) is 13.8 Å². The highest BCUT2D eigenvalue weighted by molar-refractivity contribution is 5.79. The first-order valence-electron chi connectivity index (χ1n) is 6.57. The number of nitrogens with one attached hydrogen (secondary N) is 1. The van der Waals surface area contributed by atoms with Gasteiger partial charge in [-0.05, 0) is 25.8 Å². The quantitative estimate of drug-likeness (QED) is 0.785. The second kappa shape index (κ2) is 6.97. The highest BCUT2D eigenvalue weighted by atomic mass is 16.5. The van der Waals surface area contributed by atoms with Crippen molar-refractivity contribution in [2.75, 3.05) is 33.9 Å². The van der Waals surface area contributed by atoms with Gasteiger partial charge in [-0.2, -0.15) is 0 Å². The predicted molar refractivity (Wildman–Crippen MR) is 68.9 cm³/mol. The van der Waals surface area contributed by atoms with Gasteiger partial charge in [-0.3, -0.25) is 4.79 Å². The maximum absolute atomic E-state index is 12.4. The molecular formula is C13H26N2O2. The Hall–Kier alpha value is -0.610. The van der Waals surface area contributed by atoms with Crippen molar-refractivity contribution in [3.05, 3.63) is 0 Å². The minimum atomic E-state index is 0.0767. The van der Waals surface area contributed by atoms with Gasteiger partial charge in [0.2, 0.25) is 5.91 Å². The van der Waals surface area contributed by atoms with E-state index in [1.54, 1.807) is 0 Å². The largest absolute Gasteiger partial charge is 0.381 e. The number of carbonyl (C=O) groups excluding carboxylic acids is 1. The summed E-state index contributed by atoms with van der Waals surface area (Å²) < 4.78 is 5.33. The Morgan fingerprint density at radius 1 is 1.41 bits per heavy atom. The van der Waals surface area contributed by atoms with E-state index in [-0.39, 0.29) is 11.8 Å². The first kappa shape index (κ1) is 14.5. The van der Waals surface area contributed by atoms with Crippen LogP contribution in [0.2, 0.25) is 0 Å². The molecule has 1 heterocycles. The normalized spacial score (nSPS) is 19.4. The zero-order valence-electron chi connectivity index (χ0n) is 11.5. The van der Waals surface area contributed by atoms with Gasteiger partial charge in [0.1, 0.15) is 0 Å².